The molecule has 0 rings (SSSR count). The van der Waals surface area contributed by atoms with Gasteiger partial charge in [-0.25, -0.2) is 0 Å². The van der Waals surface area contributed by atoms with E-state index in [1.165, 1.54) is 25.7 Å². The Labute approximate surface area is 101 Å². The van der Waals surface area contributed by atoms with Crippen LogP contribution in [0.15, 0.2) is 0 Å². The van der Waals surface area contributed by atoms with Gasteiger partial charge in [0.1, 0.15) is 0 Å². The smallest absolute Gasteiger partial charge is 0.0456 e. The van der Waals surface area contributed by atoms with Crippen LogP contribution in [0, 0.1) is 17.8 Å². The Morgan fingerprint density at radius 3 is 1.25 bits per heavy atom. The first-order chi connectivity index (χ1) is 7.60. The molecule has 0 aromatic carbocycles. The molecule has 0 saturated heterocycles. The first-order valence-electron chi connectivity index (χ1n) is 6.81. The molecular formula is C14H30O2. The third-order valence-corrected chi connectivity index (χ3v) is 3.41. The Bertz CT molecular complexity index is 132. The Balaban J connectivity index is 3.34. The fourth-order valence-corrected chi connectivity index (χ4v) is 1.96. The van der Waals surface area contributed by atoms with E-state index in [0.29, 0.717) is 25.0 Å². The zero-order chi connectivity index (χ0) is 12.4. The summed E-state index contributed by atoms with van der Waals surface area (Å²) in [5.74, 6) is 1.71. The Hall–Kier alpha value is -0.0800. The summed E-state index contributed by atoms with van der Waals surface area (Å²) in [4.78, 5) is 0. The maximum absolute atomic E-state index is 8.91. The van der Waals surface area contributed by atoms with Crippen molar-refractivity contribution in [3.63, 3.8) is 0 Å². The number of hydrogen-bond donors (Lipinski definition) is 2. The quantitative estimate of drug-likeness (QED) is 0.605. The first-order valence-corrected chi connectivity index (χ1v) is 6.81. The molecule has 0 heterocycles. The highest BCUT2D eigenvalue weighted by Crippen LogP contribution is 2.19. The Morgan fingerprint density at radius 2 is 0.938 bits per heavy atom. The molecule has 0 aromatic heterocycles. The second-order valence-corrected chi connectivity index (χ2v) is 5.54. The van der Waals surface area contributed by atoms with E-state index >= 15 is 0 Å². The third kappa shape index (κ3) is 9.17. The highest BCUT2D eigenvalue weighted by Gasteiger charge is 2.06. The average molecular weight is 230 g/mol. The van der Waals surface area contributed by atoms with Crippen LogP contribution < -0.4 is 0 Å². The highest BCUT2D eigenvalue weighted by molar-refractivity contribution is 4.59. The normalized spacial score (nSPS) is 17.1. The summed E-state index contributed by atoms with van der Waals surface area (Å²) in [7, 11) is 0. The molecule has 2 atom stereocenters. The summed E-state index contributed by atoms with van der Waals surface area (Å²) in [5.41, 5.74) is 0. The maximum Gasteiger partial charge on any atom is 0.0456 e. The van der Waals surface area contributed by atoms with Gasteiger partial charge in [0.15, 0.2) is 0 Å². The monoisotopic (exact) mass is 230 g/mol. The van der Waals surface area contributed by atoms with Crippen LogP contribution >= 0.6 is 0 Å². The molecule has 2 unspecified atom stereocenters. The SMILES string of the molecule is CC(CO)CCCC(C)CCCC(C)CO. The van der Waals surface area contributed by atoms with E-state index in [2.05, 4.69) is 20.8 Å². The molecule has 0 aliphatic heterocycles. The minimum atomic E-state index is 0.322. The second kappa shape index (κ2) is 10.1. The van der Waals surface area contributed by atoms with Gasteiger partial charge in [0.2, 0.25) is 0 Å². The van der Waals surface area contributed by atoms with Crippen molar-refractivity contribution in [2.24, 2.45) is 17.8 Å². The predicted molar refractivity (Wildman–Crippen MR) is 69.4 cm³/mol. The maximum atomic E-state index is 8.91. The summed E-state index contributed by atoms with van der Waals surface area (Å²) in [6.45, 7) is 7.17. The zero-order valence-corrected chi connectivity index (χ0v) is 11.3. The van der Waals surface area contributed by atoms with Gasteiger partial charge in [-0.2, -0.15) is 0 Å². The van der Waals surface area contributed by atoms with Crippen LogP contribution in [-0.2, 0) is 0 Å². The summed E-state index contributed by atoms with van der Waals surface area (Å²) in [5, 5.41) is 17.8. The van der Waals surface area contributed by atoms with E-state index in [1.807, 2.05) is 0 Å². The molecule has 2 nitrogen and oxygen atoms in total. The van der Waals surface area contributed by atoms with E-state index in [0.717, 1.165) is 18.8 Å². The van der Waals surface area contributed by atoms with Crippen LogP contribution in [0.4, 0.5) is 0 Å². The summed E-state index contributed by atoms with van der Waals surface area (Å²) >= 11 is 0. The molecule has 2 heteroatoms. The van der Waals surface area contributed by atoms with Crippen LogP contribution in [-0.4, -0.2) is 23.4 Å². The lowest BCUT2D eigenvalue weighted by Gasteiger charge is -2.14. The van der Waals surface area contributed by atoms with Gasteiger partial charge in [0.05, 0.1) is 0 Å². The van der Waals surface area contributed by atoms with Crippen molar-refractivity contribution in [3.05, 3.63) is 0 Å². The molecule has 2 N–H and O–H groups in total. The van der Waals surface area contributed by atoms with Gasteiger partial charge in [-0.1, -0.05) is 46.5 Å². The lowest BCUT2D eigenvalue weighted by molar-refractivity contribution is 0.221. The van der Waals surface area contributed by atoms with Crippen molar-refractivity contribution >= 4 is 0 Å². The molecule has 0 aliphatic rings. The fraction of sp³-hybridized carbons (Fsp3) is 1.00. The Kier molecular flexibility index (Phi) is 10.0. The highest BCUT2D eigenvalue weighted by atomic mass is 16.3. The van der Waals surface area contributed by atoms with Gasteiger partial charge in [0, 0.05) is 13.2 Å². The number of aliphatic hydroxyl groups is 2. The van der Waals surface area contributed by atoms with Gasteiger partial charge in [-0.05, 0) is 30.6 Å². The van der Waals surface area contributed by atoms with Crippen LogP contribution in [0.5, 0.6) is 0 Å². The molecule has 0 aliphatic carbocycles. The van der Waals surface area contributed by atoms with Crippen LogP contribution in [0.2, 0.25) is 0 Å². The predicted octanol–water partition coefficient (Wildman–Crippen LogP) is 3.22. The molecule has 0 spiro atoms. The molecule has 98 valence electrons. The first kappa shape index (κ1) is 15.9. The summed E-state index contributed by atoms with van der Waals surface area (Å²) in [6.07, 6.45) is 7.31. The van der Waals surface area contributed by atoms with Gasteiger partial charge in [-0.15, -0.1) is 0 Å². The van der Waals surface area contributed by atoms with Crippen molar-refractivity contribution < 1.29 is 10.2 Å². The third-order valence-electron chi connectivity index (χ3n) is 3.41. The lowest BCUT2D eigenvalue weighted by Crippen LogP contribution is -2.04. The molecular weight excluding hydrogens is 200 g/mol. The number of aliphatic hydroxyl groups excluding tert-OH is 2. The van der Waals surface area contributed by atoms with Gasteiger partial charge in [0.25, 0.3) is 0 Å². The average Bonchev–Trinajstić information content (AvgIpc) is 2.28. The van der Waals surface area contributed by atoms with E-state index in [4.69, 9.17) is 10.2 Å². The molecule has 0 saturated carbocycles. The topological polar surface area (TPSA) is 40.5 Å². The van der Waals surface area contributed by atoms with Crippen molar-refractivity contribution in [3.8, 4) is 0 Å². The molecule has 16 heavy (non-hydrogen) atoms. The molecule has 0 aromatic rings. The van der Waals surface area contributed by atoms with E-state index in [1.54, 1.807) is 0 Å². The van der Waals surface area contributed by atoms with Crippen molar-refractivity contribution in [2.75, 3.05) is 13.2 Å². The van der Waals surface area contributed by atoms with Gasteiger partial charge >= 0.3 is 0 Å². The van der Waals surface area contributed by atoms with Gasteiger partial charge < -0.3 is 10.2 Å². The van der Waals surface area contributed by atoms with Crippen LogP contribution in [0.1, 0.15) is 59.3 Å². The zero-order valence-electron chi connectivity index (χ0n) is 11.3. The van der Waals surface area contributed by atoms with Crippen LogP contribution in [0.3, 0.4) is 0 Å². The lowest BCUT2D eigenvalue weighted by atomic mass is 9.93. The minimum absolute atomic E-state index is 0.322. The second-order valence-electron chi connectivity index (χ2n) is 5.54. The number of hydrogen-bond acceptors (Lipinski definition) is 2. The Morgan fingerprint density at radius 1 is 0.625 bits per heavy atom. The van der Waals surface area contributed by atoms with Crippen molar-refractivity contribution in [2.45, 2.75) is 59.3 Å². The molecule has 0 bridgehead atoms. The summed E-state index contributed by atoms with van der Waals surface area (Å²) in [6, 6.07) is 0. The van der Waals surface area contributed by atoms with E-state index in [9.17, 15) is 0 Å². The molecule has 0 fully saturated rings. The fourth-order valence-electron chi connectivity index (χ4n) is 1.96. The summed E-state index contributed by atoms with van der Waals surface area (Å²) < 4.78 is 0. The van der Waals surface area contributed by atoms with Crippen LogP contribution in [0.25, 0.3) is 0 Å². The standard InChI is InChI=1S/C14H30O2/c1-12(6-4-8-13(2)10-15)7-5-9-14(3)11-16/h12-16H,4-11H2,1-3H3. The largest absolute Gasteiger partial charge is 0.396 e. The minimum Gasteiger partial charge on any atom is -0.396 e. The van der Waals surface area contributed by atoms with Gasteiger partial charge in [-0.3, -0.25) is 0 Å². The number of rotatable bonds is 10. The van der Waals surface area contributed by atoms with E-state index in [-0.39, 0.29) is 0 Å². The molecule has 0 radical (unpaired) electrons. The van der Waals surface area contributed by atoms with E-state index < -0.39 is 0 Å². The molecule has 0 amide bonds. The van der Waals surface area contributed by atoms with Crippen molar-refractivity contribution in [1.29, 1.82) is 0 Å². The van der Waals surface area contributed by atoms with Crippen molar-refractivity contribution in [1.82, 2.24) is 0 Å².